The fraction of sp³-hybridized carbons (Fsp3) is 0.667. The first-order valence-electron chi connectivity index (χ1n) is 4.75. The molecule has 1 fully saturated rings. The molecule has 2 atom stereocenters. The second-order valence-corrected chi connectivity index (χ2v) is 3.61. The number of H-pyrrole nitrogens is 1. The summed E-state index contributed by atoms with van der Waals surface area (Å²) in [6.07, 6.45) is 1.39. The summed E-state index contributed by atoms with van der Waals surface area (Å²) >= 11 is 0. The van der Waals surface area contributed by atoms with E-state index in [2.05, 4.69) is 15.3 Å². The van der Waals surface area contributed by atoms with Crippen molar-refractivity contribution < 1.29 is 9.84 Å². The fourth-order valence-corrected chi connectivity index (χ4v) is 1.52. The average Bonchev–Trinajstić information content (AvgIpc) is 2.72. The standard InChI is InChI=1S/C9H15N3O2/c1-6-2-11-9(12-6)3-10-7-4-14-5-8(7)13/h2,7-8,10,13H,3-5H2,1H3,(H,11,12)/t7-,8-/m1/s1. The van der Waals surface area contributed by atoms with E-state index in [0.29, 0.717) is 19.8 Å². The second-order valence-electron chi connectivity index (χ2n) is 3.61. The zero-order chi connectivity index (χ0) is 9.97. The molecule has 14 heavy (non-hydrogen) atoms. The fourth-order valence-electron chi connectivity index (χ4n) is 1.52. The van der Waals surface area contributed by atoms with Crippen LogP contribution in [0.15, 0.2) is 6.20 Å². The van der Waals surface area contributed by atoms with Crippen molar-refractivity contribution in [3.8, 4) is 0 Å². The Balaban J connectivity index is 1.82. The molecule has 2 heterocycles. The van der Waals surface area contributed by atoms with Crippen LogP contribution in [0.25, 0.3) is 0 Å². The van der Waals surface area contributed by atoms with Crippen LogP contribution in [0.3, 0.4) is 0 Å². The molecule has 0 saturated carbocycles. The van der Waals surface area contributed by atoms with Crippen molar-refractivity contribution in [1.29, 1.82) is 0 Å². The lowest BCUT2D eigenvalue weighted by atomic mass is 10.2. The first-order valence-corrected chi connectivity index (χ1v) is 4.75. The van der Waals surface area contributed by atoms with E-state index in [4.69, 9.17) is 4.74 Å². The second kappa shape index (κ2) is 4.08. The predicted octanol–water partition coefficient (Wildman–Crippen LogP) is -0.433. The Hall–Kier alpha value is -0.910. The normalized spacial score (nSPS) is 27.0. The zero-order valence-electron chi connectivity index (χ0n) is 8.16. The lowest BCUT2D eigenvalue weighted by Gasteiger charge is -2.12. The van der Waals surface area contributed by atoms with Gasteiger partial charge in [0.25, 0.3) is 0 Å². The molecule has 0 spiro atoms. The molecule has 1 aromatic heterocycles. The van der Waals surface area contributed by atoms with Crippen molar-refractivity contribution in [2.24, 2.45) is 0 Å². The molecule has 0 aromatic carbocycles. The van der Waals surface area contributed by atoms with E-state index in [1.165, 1.54) is 0 Å². The molecule has 0 aliphatic carbocycles. The number of rotatable bonds is 3. The first kappa shape index (κ1) is 9.64. The van der Waals surface area contributed by atoms with Gasteiger partial charge in [-0.15, -0.1) is 0 Å². The maximum Gasteiger partial charge on any atom is 0.120 e. The molecule has 0 amide bonds. The Morgan fingerprint density at radius 3 is 3.14 bits per heavy atom. The topological polar surface area (TPSA) is 70.2 Å². The monoisotopic (exact) mass is 197 g/mol. The first-order chi connectivity index (χ1) is 6.75. The molecular formula is C9H15N3O2. The minimum Gasteiger partial charge on any atom is -0.389 e. The van der Waals surface area contributed by atoms with E-state index >= 15 is 0 Å². The highest BCUT2D eigenvalue weighted by atomic mass is 16.5. The van der Waals surface area contributed by atoms with Gasteiger partial charge in [-0.25, -0.2) is 4.98 Å². The van der Waals surface area contributed by atoms with Gasteiger partial charge in [0, 0.05) is 11.9 Å². The van der Waals surface area contributed by atoms with E-state index < -0.39 is 6.10 Å². The largest absolute Gasteiger partial charge is 0.389 e. The molecule has 1 aromatic rings. The van der Waals surface area contributed by atoms with Gasteiger partial charge in [-0.1, -0.05) is 0 Å². The summed E-state index contributed by atoms with van der Waals surface area (Å²) < 4.78 is 5.12. The predicted molar refractivity (Wildman–Crippen MR) is 50.8 cm³/mol. The Kier molecular flexibility index (Phi) is 2.81. The van der Waals surface area contributed by atoms with Crippen molar-refractivity contribution in [2.75, 3.05) is 13.2 Å². The third-order valence-electron chi connectivity index (χ3n) is 2.34. The van der Waals surface area contributed by atoms with E-state index in [-0.39, 0.29) is 6.04 Å². The molecular weight excluding hydrogens is 182 g/mol. The number of hydrogen-bond donors (Lipinski definition) is 3. The van der Waals surface area contributed by atoms with Crippen LogP contribution in [0.2, 0.25) is 0 Å². The number of nitrogens with zero attached hydrogens (tertiary/aromatic N) is 1. The van der Waals surface area contributed by atoms with Crippen molar-refractivity contribution in [3.05, 3.63) is 17.7 Å². The number of aromatic amines is 1. The molecule has 78 valence electrons. The highest BCUT2D eigenvalue weighted by molar-refractivity contribution is 4.98. The number of imidazole rings is 1. The van der Waals surface area contributed by atoms with Crippen LogP contribution in [-0.2, 0) is 11.3 Å². The van der Waals surface area contributed by atoms with Gasteiger partial charge >= 0.3 is 0 Å². The Morgan fingerprint density at radius 2 is 2.57 bits per heavy atom. The van der Waals surface area contributed by atoms with E-state index in [1.54, 1.807) is 6.20 Å². The van der Waals surface area contributed by atoms with Crippen LogP contribution in [-0.4, -0.2) is 40.4 Å². The summed E-state index contributed by atoms with van der Waals surface area (Å²) in [6.45, 7) is 3.60. The Morgan fingerprint density at radius 1 is 1.71 bits per heavy atom. The number of hydrogen-bond acceptors (Lipinski definition) is 4. The third kappa shape index (κ3) is 2.12. The SMILES string of the molecule is Cc1cnc(CN[C@@H]2COC[C@H]2O)[nH]1. The van der Waals surface area contributed by atoms with Crippen LogP contribution >= 0.6 is 0 Å². The highest BCUT2D eigenvalue weighted by Gasteiger charge is 2.25. The molecule has 5 heteroatoms. The van der Waals surface area contributed by atoms with Crippen molar-refractivity contribution in [2.45, 2.75) is 25.6 Å². The summed E-state index contributed by atoms with van der Waals surface area (Å²) in [5.74, 6) is 0.890. The quantitative estimate of drug-likeness (QED) is 0.615. The summed E-state index contributed by atoms with van der Waals surface area (Å²) in [6, 6.07) is 0.0282. The molecule has 2 rings (SSSR count). The minimum absolute atomic E-state index is 0.0282. The summed E-state index contributed by atoms with van der Waals surface area (Å²) in [4.78, 5) is 7.28. The summed E-state index contributed by atoms with van der Waals surface area (Å²) in [5, 5.41) is 12.6. The number of aliphatic hydroxyl groups excluding tert-OH is 1. The number of aryl methyl sites for hydroxylation is 1. The van der Waals surface area contributed by atoms with Gasteiger partial charge in [0.1, 0.15) is 5.82 Å². The molecule has 3 N–H and O–H groups in total. The number of aliphatic hydroxyl groups is 1. The minimum atomic E-state index is -0.397. The van der Waals surface area contributed by atoms with Crippen LogP contribution in [0.5, 0.6) is 0 Å². The van der Waals surface area contributed by atoms with E-state index in [9.17, 15) is 5.11 Å². The third-order valence-corrected chi connectivity index (χ3v) is 2.34. The smallest absolute Gasteiger partial charge is 0.120 e. The van der Waals surface area contributed by atoms with Crippen molar-refractivity contribution in [1.82, 2.24) is 15.3 Å². The summed E-state index contributed by atoms with van der Waals surface area (Å²) in [7, 11) is 0. The highest BCUT2D eigenvalue weighted by Crippen LogP contribution is 2.05. The van der Waals surface area contributed by atoms with Gasteiger partial charge in [0.2, 0.25) is 0 Å². The van der Waals surface area contributed by atoms with Crippen LogP contribution in [0, 0.1) is 6.92 Å². The lowest BCUT2D eigenvalue weighted by Crippen LogP contribution is -2.38. The Bertz CT molecular complexity index is 300. The molecule has 1 aliphatic heterocycles. The summed E-state index contributed by atoms with van der Waals surface area (Å²) in [5.41, 5.74) is 1.05. The Labute approximate surface area is 82.5 Å². The van der Waals surface area contributed by atoms with Gasteiger partial charge in [-0.05, 0) is 6.92 Å². The molecule has 1 aliphatic rings. The van der Waals surface area contributed by atoms with E-state index in [0.717, 1.165) is 11.5 Å². The number of ether oxygens (including phenoxy) is 1. The molecule has 0 bridgehead atoms. The maximum atomic E-state index is 9.45. The van der Waals surface area contributed by atoms with E-state index in [1.807, 2.05) is 6.92 Å². The van der Waals surface area contributed by atoms with Crippen LogP contribution in [0.4, 0.5) is 0 Å². The van der Waals surface area contributed by atoms with Gasteiger partial charge < -0.3 is 20.1 Å². The van der Waals surface area contributed by atoms with Gasteiger partial charge in [-0.2, -0.15) is 0 Å². The maximum absolute atomic E-state index is 9.45. The lowest BCUT2D eigenvalue weighted by molar-refractivity contribution is 0.122. The van der Waals surface area contributed by atoms with Gasteiger partial charge in [-0.3, -0.25) is 0 Å². The van der Waals surface area contributed by atoms with Crippen molar-refractivity contribution in [3.63, 3.8) is 0 Å². The van der Waals surface area contributed by atoms with Crippen LogP contribution in [0.1, 0.15) is 11.5 Å². The molecule has 0 unspecified atom stereocenters. The average molecular weight is 197 g/mol. The molecule has 1 saturated heterocycles. The number of nitrogens with one attached hydrogen (secondary N) is 2. The van der Waals surface area contributed by atoms with Crippen LogP contribution < -0.4 is 5.32 Å². The molecule has 5 nitrogen and oxygen atoms in total. The van der Waals surface area contributed by atoms with Gasteiger partial charge in [0.05, 0.1) is 31.9 Å². The molecule has 0 radical (unpaired) electrons. The zero-order valence-corrected chi connectivity index (χ0v) is 8.16. The van der Waals surface area contributed by atoms with Crippen molar-refractivity contribution >= 4 is 0 Å². The number of aromatic nitrogens is 2. The van der Waals surface area contributed by atoms with Gasteiger partial charge in [0.15, 0.2) is 0 Å².